The average Bonchev–Trinajstić information content (AvgIpc) is 2.41. The Kier molecular flexibility index (Phi) is 6.93. The minimum atomic E-state index is -0.0396. The van der Waals surface area contributed by atoms with E-state index in [0.717, 1.165) is 50.2 Å². The van der Waals surface area contributed by atoms with E-state index < -0.39 is 0 Å². The monoisotopic (exact) mass is 263 g/mol. The van der Waals surface area contributed by atoms with Crippen LogP contribution < -0.4 is 10.6 Å². The summed E-state index contributed by atoms with van der Waals surface area (Å²) in [6.45, 7) is 7.78. The number of aryl methyl sites for hydroxylation is 1. The third-order valence-corrected chi connectivity index (χ3v) is 2.92. The van der Waals surface area contributed by atoms with Gasteiger partial charge in [0.05, 0.1) is 11.3 Å². The number of hydrogen-bond donors (Lipinski definition) is 2. The van der Waals surface area contributed by atoms with Crippen molar-refractivity contribution >= 4 is 11.6 Å². The Labute approximate surface area is 116 Å². The number of unbranched alkanes of at least 4 members (excludes halogenated alkanes) is 2. The number of carbonyl (C=O) groups is 1. The van der Waals surface area contributed by atoms with Crippen LogP contribution in [0, 0.1) is 6.92 Å². The molecule has 0 saturated carbocycles. The van der Waals surface area contributed by atoms with Crippen LogP contribution in [0.1, 0.15) is 55.6 Å². The van der Waals surface area contributed by atoms with Crippen molar-refractivity contribution in [3.8, 4) is 0 Å². The molecule has 106 valence electrons. The molecule has 0 aliphatic heterocycles. The Balaban J connectivity index is 2.66. The van der Waals surface area contributed by atoms with Gasteiger partial charge in [0.25, 0.3) is 5.91 Å². The van der Waals surface area contributed by atoms with Crippen LogP contribution in [0.15, 0.2) is 12.3 Å². The summed E-state index contributed by atoms with van der Waals surface area (Å²) in [5.74, 6) is -0.0396. The number of amides is 1. The Morgan fingerprint density at radius 3 is 2.68 bits per heavy atom. The fourth-order valence-corrected chi connectivity index (χ4v) is 1.82. The quantitative estimate of drug-likeness (QED) is 0.708. The highest BCUT2D eigenvalue weighted by molar-refractivity contribution is 5.99. The predicted octanol–water partition coefficient (Wildman–Crippen LogP) is 3.13. The molecule has 0 bridgehead atoms. The van der Waals surface area contributed by atoms with Crippen molar-refractivity contribution in [1.82, 2.24) is 10.3 Å². The molecule has 1 amide bonds. The molecule has 19 heavy (non-hydrogen) atoms. The fourth-order valence-electron chi connectivity index (χ4n) is 1.82. The van der Waals surface area contributed by atoms with Crippen molar-refractivity contribution in [2.24, 2.45) is 0 Å². The Bertz CT molecular complexity index is 404. The molecule has 1 heterocycles. The number of rotatable bonds is 8. The van der Waals surface area contributed by atoms with Crippen molar-refractivity contribution in [3.63, 3.8) is 0 Å². The third kappa shape index (κ3) is 5.28. The molecule has 4 heteroatoms. The van der Waals surface area contributed by atoms with E-state index in [-0.39, 0.29) is 5.91 Å². The predicted molar refractivity (Wildman–Crippen MR) is 79.6 cm³/mol. The molecule has 4 nitrogen and oxygen atoms in total. The smallest absolute Gasteiger partial charge is 0.254 e. The first-order valence-electron chi connectivity index (χ1n) is 7.17. The van der Waals surface area contributed by atoms with Crippen LogP contribution in [-0.2, 0) is 0 Å². The number of nitrogens with zero attached hydrogens (tertiary/aromatic N) is 1. The first-order chi connectivity index (χ1) is 9.19. The van der Waals surface area contributed by atoms with Crippen molar-refractivity contribution in [2.45, 2.75) is 46.5 Å². The van der Waals surface area contributed by atoms with Gasteiger partial charge < -0.3 is 10.6 Å². The molecule has 1 aromatic heterocycles. The highest BCUT2D eigenvalue weighted by atomic mass is 16.1. The summed E-state index contributed by atoms with van der Waals surface area (Å²) in [7, 11) is 0. The molecule has 0 saturated heterocycles. The van der Waals surface area contributed by atoms with E-state index in [4.69, 9.17) is 0 Å². The highest BCUT2D eigenvalue weighted by Gasteiger charge is 2.11. The normalized spacial score (nSPS) is 10.3. The summed E-state index contributed by atoms with van der Waals surface area (Å²) in [6, 6.07) is 1.93. The molecule has 2 N–H and O–H groups in total. The van der Waals surface area contributed by atoms with Gasteiger partial charge in [-0.2, -0.15) is 0 Å². The zero-order valence-electron chi connectivity index (χ0n) is 12.3. The van der Waals surface area contributed by atoms with Crippen LogP contribution in [0.3, 0.4) is 0 Å². The Morgan fingerprint density at radius 1 is 1.21 bits per heavy atom. The van der Waals surface area contributed by atoms with Gasteiger partial charge in [-0.1, -0.05) is 26.7 Å². The van der Waals surface area contributed by atoms with Crippen molar-refractivity contribution in [2.75, 3.05) is 18.4 Å². The van der Waals surface area contributed by atoms with Crippen LogP contribution in [-0.4, -0.2) is 24.0 Å². The van der Waals surface area contributed by atoms with Gasteiger partial charge >= 0.3 is 0 Å². The molecule has 0 unspecified atom stereocenters. The number of pyridine rings is 1. The van der Waals surface area contributed by atoms with Crippen LogP contribution >= 0.6 is 0 Å². The topological polar surface area (TPSA) is 54.0 Å². The molecular formula is C15H25N3O. The Morgan fingerprint density at radius 2 is 2.00 bits per heavy atom. The van der Waals surface area contributed by atoms with E-state index in [1.165, 1.54) is 0 Å². The van der Waals surface area contributed by atoms with E-state index in [1.54, 1.807) is 6.20 Å². The van der Waals surface area contributed by atoms with Crippen molar-refractivity contribution in [3.05, 3.63) is 23.5 Å². The summed E-state index contributed by atoms with van der Waals surface area (Å²) in [5.41, 5.74) is 2.43. The zero-order valence-corrected chi connectivity index (χ0v) is 12.3. The maximum Gasteiger partial charge on any atom is 0.254 e. The van der Waals surface area contributed by atoms with Crippen LogP contribution in [0.2, 0.25) is 0 Å². The lowest BCUT2D eigenvalue weighted by Crippen LogP contribution is -2.25. The van der Waals surface area contributed by atoms with Gasteiger partial charge in [0.15, 0.2) is 0 Å². The standard InChI is InChI=1S/C15H25N3O/c1-4-6-7-9-17-15(19)13-11-18-12(3)10-14(13)16-8-5-2/h10-11H,4-9H2,1-3H3,(H,16,18)(H,17,19). The minimum absolute atomic E-state index is 0.0396. The maximum atomic E-state index is 12.1. The number of anilines is 1. The first-order valence-corrected chi connectivity index (χ1v) is 7.17. The lowest BCUT2D eigenvalue weighted by molar-refractivity contribution is 0.0953. The summed E-state index contributed by atoms with van der Waals surface area (Å²) in [6.07, 6.45) is 6.01. The largest absolute Gasteiger partial charge is 0.384 e. The molecular weight excluding hydrogens is 238 g/mol. The van der Waals surface area contributed by atoms with Gasteiger partial charge in [0.2, 0.25) is 0 Å². The second-order valence-electron chi connectivity index (χ2n) is 4.76. The SMILES string of the molecule is CCCCCNC(=O)c1cnc(C)cc1NCCC. The van der Waals surface area contributed by atoms with Crippen molar-refractivity contribution < 1.29 is 4.79 Å². The first kappa shape index (κ1) is 15.5. The van der Waals surface area contributed by atoms with Gasteiger partial charge in [-0.15, -0.1) is 0 Å². The molecule has 0 aliphatic carbocycles. The molecule has 0 spiro atoms. The average molecular weight is 263 g/mol. The summed E-state index contributed by atoms with van der Waals surface area (Å²) < 4.78 is 0. The van der Waals surface area contributed by atoms with Gasteiger partial charge in [-0.25, -0.2) is 0 Å². The summed E-state index contributed by atoms with van der Waals surface area (Å²) >= 11 is 0. The minimum Gasteiger partial charge on any atom is -0.384 e. The van der Waals surface area contributed by atoms with Crippen molar-refractivity contribution in [1.29, 1.82) is 0 Å². The molecule has 1 aromatic rings. The Hall–Kier alpha value is -1.58. The van der Waals surface area contributed by atoms with Crippen LogP contribution in [0.4, 0.5) is 5.69 Å². The lowest BCUT2D eigenvalue weighted by Gasteiger charge is -2.12. The third-order valence-electron chi connectivity index (χ3n) is 2.92. The van der Waals surface area contributed by atoms with E-state index in [1.807, 2.05) is 13.0 Å². The van der Waals surface area contributed by atoms with E-state index in [2.05, 4.69) is 29.5 Å². The van der Waals surface area contributed by atoms with Gasteiger partial charge in [-0.3, -0.25) is 9.78 Å². The van der Waals surface area contributed by atoms with Crippen LogP contribution in [0.25, 0.3) is 0 Å². The van der Waals surface area contributed by atoms with E-state index >= 15 is 0 Å². The summed E-state index contributed by atoms with van der Waals surface area (Å²) in [5, 5.41) is 6.24. The number of hydrogen-bond acceptors (Lipinski definition) is 3. The molecule has 0 fully saturated rings. The van der Waals surface area contributed by atoms with Gasteiger partial charge in [0, 0.05) is 25.0 Å². The molecule has 1 rings (SSSR count). The lowest BCUT2D eigenvalue weighted by atomic mass is 10.2. The van der Waals surface area contributed by atoms with Crippen LogP contribution in [0.5, 0.6) is 0 Å². The fraction of sp³-hybridized carbons (Fsp3) is 0.600. The van der Waals surface area contributed by atoms with E-state index in [9.17, 15) is 4.79 Å². The second-order valence-corrected chi connectivity index (χ2v) is 4.76. The number of nitrogens with one attached hydrogen (secondary N) is 2. The second kappa shape index (κ2) is 8.51. The zero-order chi connectivity index (χ0) is 14.1. The number of carbonyl (C=O) groups excluding carboxylic acids is 1. The molecule has 0 aliphatic rings. The maximum absolute atomic E-state index is 12.1. The van der Waals surface area contributed by atoms with E-state index in [0.29, 0.717) is 5.56 Å². The highest BCUT2D eigenvalue weighted by Crippen LogP contribution is 2.15. The molecule has 0 aromatic carbocycles. The number of aromatic nitrogens is 1. The molecule has 0 atom stereocenters. The molecule has 0 radical (unpaired) electrons. The van der Waals surface area contributed by atoms with Gasteiger partial charge in [-0.05, 0) is 25.8 Å². The van der Waals surface area contributed by atoms with Gasteiger partial charge in [0.1, 0.15) is 0 Å². The summed E-state index contributed by atoms with van der Waals surface area (Å²) in [4.78, 5) is 16.3.